The molecule has 104 valence electrons. The van der Waals surface area contributed by atoms with Gasteiger partial charge < -0.3 is 9.84 Å². The van der Waals surface area contributed by atoms with Gasteiger partial charge in [-0.25, -0.2) is 4.98 Å². The van der Waals surface area contributed by atoms with E-state index >= 15 is 0 Å². The van der Waals surface area contributed by atoms with Gasteiger partial charge in [0.2, 0.25) is 0 Å². The molecule has 2 rings (SSSR count). The van der Waals surface area contributed by atoms with E-state index in [2.05, 4.69) is 4.98 Å². The van der Waals surface area contributed by atoms with Crippen molar-refractivity contribution < 1.29 is 14.6 Å². The van der Waals surface area contributed by atoms with E-state index in [9.17, 15) is 9.90 Å². The number of aromatic nitrogens is 1. The number of methoxy groups -OCH3 is 1. The highest BCUT2D eigenvalue weighted by molar-refractivity contribution is 6.29. The van der Waals surface area contributed by atoms with Crippen molar-refractivity contribution in [3.8, 4) is 0 Å². The van der Waals surface area contributed by atoms with E-state index < -0.39 is 11.4 Å². The lowest BCUT2D eigenvalue weighted by Gasteiger charge is -2.36. The molecule has 1 N–H and O–H groups in total. The van der Waals surface area contributed by atoms with Gasteiger partial charge in [0.15, 0.2) is 0 Å². The third kappa shape index (κ3) is 3.25. The Bertz CT molecular complexity index is 439. The predicted molar refractivity (Wildman–Crippen MR) is 72.3 cm³/mol. The maximum atomic E-state index is 11.7. The van der Waals surface area contributed by atoms with Crippen LogP contribution in [0.1, 0.15) is 31.2 Å². The third-order valence-electron chi connectivity index (χ3n) is 4.01. The van der Waals surface area contributed by atoms with Gasteiger partial charge in [0.1, 0.15) is 5.15 Å². The molecule has 1 heterocycles. The Morgan fingerprint density at radius 3 is 2.68 bits per heavy atom. The van der Waals surface area contributed by atoms with Crippen LogP contribution in [0.2, 0.25) is 5.15 Å². The Hall–Kier alpha value is -1.13. The molecule has 5 heteroatoms. The summed E-state index contributed by atoms with van der Waals surface area (Å²) in [7, 11) is 1.68. The lowest BCUT2D eigenvalue weighted by atomic mass is 9.70. The monoisotopic (exact) mass is 283 g/mol. The standard InChI is InChI=1S/C14H18ClNO3/c1-19-11-4-6-14(7-5-11,13(17)18)8-10-2-3-12(15)16-9-10/h2-3,9,11H,4-8H2,1H3,(H,17,18). The molecule has 0 saturated heterocycles. The van der Waals surface area contributed by atoms with Gasteiger partial charge in [-0.2, -0.15) is 0 Å². The van der Waals surface area contributed by atoms with Crippen LogP contribution in [-0.2, 0) is 16.0 Å². The smallest absolute Gasteiger partial charge is 0.309 e. The van der Waals surface area contributed by atoms with Crippen molar-refractivity contribution in [2.24, 2.45) is 5.41 Å². The average molecular weight is 284 g/mol. The molecule has 1 aromatic heterocycles. The van der Waals surface area contributed by atoms with Crippen molar-refractivity contribution in [1.82, 2.24) is 4.98 Å². The quantitative estimate of drug-likeness (QED) is 0.863. The Kier molecular flexibility index (Phi) is 4.42. The van der Waals surface area contributed by atoms with E-state index in [1.807, 2.05) is 6.07 Å². The number of nitrogens with zero attached hydrogens (tertiary/aromatic N) is 1. The highest BCUT2D eigenvalue weighted by atomic mass is 35.5. The maximum absolute atomic E-state index is 11.7. The van der Waals surface area contributed by atoms with Gasteiger partial charge in [0.05, 0.1) is 11.5 Å². The van der Waals surface area contributed by atoms with Crippen molar-refractivity contribution in [2.75, 3.05) is 7.11 Å². The van der Waals surface area contributed by atoms with E-state index in [4.69, 9.17) is 16.3 Å². The lowest BCUT2D eigenvalue weighted by Crippen LogP contribution is -2.39. The van der Waals surface area contributed by atoms with Crippen LogP contribution in [-0.4, -0.2) is 29.3 Å². The fourth-order valence-electron chi connectivity index (χ4n) is 2.75. The fourth-order valence-corrected chi connectivity index (χ4v) is 2.86. The zero-order chi connectivity index (χ0) is 13.9. The van der Waals surface area contributed by atoms with Crippen molar-refractivity contribution in [3.05, 3.63) is 29.0 Å². The van der Waals surface area contributed by atoms with E-state index in [0.29, 0.717) is 24.4 Å². The molecule has 0 atom stereocenters. The zero-order valence-corrected chi connectivity index (χ0v) is 11.7. The summed E-state index contributed by atoms with van der Waals surface area (Å²) in [4.78, 5) is 15.7. The molecule has 0 amide bonds. The molecule has 0 unspecified atom stereocenters. The van der Waals surface area contributed by atoms with E-state index in [1.165, 1.54) is 0 Å². The van der Waals surface area contributed by atoms with Crippen LogP contribution in [0.4, 0.5) is 0 Å². The zero-order valence-electron chi connectivity index (χ0n) is 10.9. The topological polar surface area (TPSA) is 59.4 Å². The molecule has 1 fully saturated rings. The first kappa shape index (κ1) is 14.3. The summed E-state index contributed by atoms with van der Waals surface area (Å²) in [5.74, 6) is -0.725. The largest absolute Gasteiger partial charge is 0.481 e. The van der Waals surface area contributed by atoms with Gasteiger partial charge in [0, 0.05) is 13.3 Å². The Labute approximate surface area is 117 Å². The van der Waals surface area contributed by atoms with Gasteiger partial charge >= 0.3 is 5.97 Å². The average Bonchev–Trinajstić information content (AvgIpc) is 2.42. The van der Waals surface area contributed by atoms with Crippen molar-refractivity contribution >= 4 is 17.6 Å². The van der Waals surface area contributed by atoms with Crippen LogP contribution < -0.4 is 0 Å². The molecule has 0 aliphatic heterocycles. The molecule has 0 spiro atoms. The highest BCUT2D eigenvalue weighted by Gasteiger charge is 2.42. The SMILES string of the molecule is COC1CCC(Cc2ccc(Cl)nc2)(C(=O)O)CC1. The molecule has 1 aromatic rings. The van der Waals surface area contributed by atoms with Gasteiger partial charge in [-0.3, -0.25) is 4.79 Å². The van der Waals surface area contributed by atoms with Gasteiger partial charge in [-0.05, 0) is 43.7 Å². The fraction of sp³-hybridized carbons (Fsp3) is 0.571. The predicted octanol–water partition coefficient (Wildman–Crippen LogP) is 2.94. The first-order valence-corrected chi connectivity index (χ1v) is 6.80. The summed E-state index contributed by atoms with van der Waals surface area (Å²) >= 11 is 5.75. The summed E-state index contributed by atoms with van der Waals surface area (Å²) in [6.07, 6.45) is 5.23. The third-order valence-corrected chi connectivity index (χ3v) is 4.23. The number of rotatable bonds is 4. The molecule has 0 bridgehead atoms. The van der Waals surface area contributed by atoms with Crippen LogP contribution in [0.15, 0.2) is 18.3 Å². The van der Waals surface area contributed by atoms with Crippen LogP contribution in [0.3, 0.4) is 0 Å². The number of carboxylic acid groups (broad SMARTS) is 1. The normalized spacial score (nSPS) is 27.2. The molecule has 19 heavy (non-hydrogen) atoms. The molecule has 1 aliphatic rings. The molecular formula is C14H18ClNO3. The van der Waals surface area contributed by atoms with E-state index in [-0.39, 0.29) is 6.10 Å². The summed E-state index contributed by atoms with van der Waals surface area (Å²) in [6.45, 7) is 0. The van der Waals surface area contributed by atoms with E-state index in [0.717, 1.165) is 18.4 Å². The molecule has 1 aliphatic carbocycles. The molecular weight excluding hydrogens is 266 g/mol. The Morgan fingerprint density at radius 2 is 2.21 bits per heavy atom. The minimum absolute atomic E-state index is 0.191. The van der Waals surface area contributed by atoms with Gasteiger partial charge in [0.25, 0.3) is 0 Å². The number of pyridine rings is 1. The van der Waals surface area contributed by atoms with Crippen molar-refractivity contribution in [3.63, 3.8) is 0 Å². The summed E-state index contributed by atoms with van der Waals surface area (Å²) in [5.41, 5.74) is 0.229. The number of halogens is 1. The summed E-state index contributed by atoms with van der Waals surface area (Å²) in [6, 6.07) is 3.55. The number of carboxylic acids is 1. The molecule has 4 nitrogen and oxygen atoms in total. The minimum atomic E-state index is -0.725. The Balaban J connectivity index is 2.12. The van der Waals surface area contributed by atoms with Crippen molar-refractivity contribution in [1.29, 1.82) is 0 Å². The van der Waals surface area contributed by atoms with Crippen LogP contribution >= 0.6 is 11.6 Å². The summed E-state index contributed by atoms with van der Waals surface area (Å²) < 4.78 is 5.31. The lowest BCUT2D eigenvalue weighted by molar-refractivity contribution is -0.152. The Morgan fingerprint density at radius 1 is 1.53 bits per heavy atom. The minimum Gasteiger partial charge on any atom is -0.481 e. The maximum Gasteiger partial charge on any atom is 0.309 e. The first-order valence-electron chi connectivity index (χ1n) is 6.42. The summed E-state index contributed by atoms with van der Waals surface area (Å²) in [5, 5.41) is 10.0. The van der Waals surface area contributed by atoms with E-state index in [1.54, 1.807) is 19.4 Å². The number of carbonyl (C=O) groups is 1. The molecule has 0 radical (unpaired) electrons. The first-order chi connectivity index (χ1) is 9.05. The number of hydrogen-bond donors (Lipinski definition) is 1. The molecule has 0 aromatic carbocycles. The van der Waals surface area contributed by atoms with Crippen LogP contribution in [0, 0.1) is 5.41 Å². The highest BCUT2D eigenvalue weighted by Crippen LogP contribution is 2.40. The van der Waals surface area contributed by atoms with Gasteiger partial charge in [-0.15, -0.1) is 0 Å². The second kappa shape index (κ2) is 5.88. The second-order valence-corrected chi connectivity index (χ2v) is 5.57. The van der Waals surface area contributed by atoms with Crippen LogP contribution in [0.25, 0.3) is 0 Å². The number of ether oxygens (including phenoxy) is 1. The molecule has 1 saturated carbocycles. The number of hydrogen-bond acceptors (Lipinski definition) is 3. The van der Waals surface area contributed by atoms with Crippen LogP contribution in [0.5, 0.6) is 0 Å². The number of aliphatic carboxylic acids is 1. The van der Waals surface area contributed by atoms with Gasteiger partial charge in [-0.1, -0.05) is 17.7 Å². The van der Waals surface area contributed by atoms with Crippen molar-refractivity contribution in [2.45, 2.75) is 38.2 Å². The second-order valence-electron chi connectivity index (χ2n) is 5.19.